The third-order valence-corrected chi connectivity index (χ3v) is 3.06. The Morgan fingerprint density at radius 1 is 1.64 bits per heavy atom. The largest absolute Gasteiger partial charge is 0.456 e. The molecule has 60 valence electrons. The highest BCUT2D eigenvalue weighted by atomic mass is 32.2. The van der Waals surface area contributed by atoms with Crippen LogP contribution in [0.3, 0.4) is 0 Å². The quantitative estimate of drug-likeness (QED) is 0.549. The van der Waals surface area contributed by atoms with Gasteiger partial charge < -0.3 is 10.0 Å². The minimum Gasteiger partial charge on any atom is -0.427 e. The summed E-state index contributed by atoms with van der Waals surface area (Å²) in [6, 6.07) is 1.98. The Morgan fingerprint density at radius 3 is 2.82 bits per heavy atom. The molecule has 0 amide bonds. The van der Waals surface area contributed by atoms with E-state index in [9.17, 15) is 0 Å². The highest BCUT2D eigenvalue weighted by Gasteiger charge is 2.09. The molecular formula is C6H9BO2S2. The summed E-state index contributed by atoms with van der Waals surface area (Å²) >= 11 is 3.23. The molecule has 0 bridgehead atoms. The van der Waals surface area contributed by atoms with E-state index in [4.69, 9.17) is 10.0 Å². The molecule has 0 fully saturated rings. The summed E-state index contributed by atoms with van der Waals surface area (Å²) in [6.45, 7) is 0. The van der Waals surface area contributed by atoms with Crippen LogP contribution in [0, 0.1) is 0 Å². The summed E-state index contributed by atoms with van der Waals surface area (Å²) in [4.78, 5) is 2.20. The Labute approximate surface area is 74.4 Å². The number of hydrogen-bond acceptors (Lipinski definition) is 4. The van der Waals surface area contributed by atoms with Gasteiger partial charge in [-0.3, -0.25) is 0 Å². The second-order valence-corrected chi connectivity index (χ2v) is 4.01. The van der Waals surface area contributed by atoms with Gasteiger partial charge in [-0.15, -0.1) is 23.1 Å². The Balaban J connectivity index is 2.58. The van der Waals surface area contributed by atoms with Crippen LogP contribution in [-0.2, 0) is 6.32 Å². The predicted molar refractivity (Wildman–Crippen MR) is 50.0 cm³/mol. The molecule has 0 aliphatic heterocycles. The Hall–Kier alpha value is 0.0349. The van der Waals surface area contributed by atoms with E-state index in [1.807, 2.05) is 17.7 Å². The fraction of sp³-hybridized carbons (Fsp3) is 0.333. The van der Waals surface area contributed by atoms with E-state index < -0.39 is 7.12 Å². The zero-order valence-corrected chi connectivity index (χ0v) is 7.78. The van der Waals surface area contributed by atoms with E-state index in [0.717, 1.165) is 4.88 Å². The van der Waals surface area contributed by atoms with Crippen molar-refractivity contribution in [2.24, 2.45) is 0 Å². The normalized spacial score (nSPS) is 10.1. The molecule has 0 saturated carbocycles. The summed E-state index contributed by atoms with van der Waals surface area (Å²) < 4.78 is 0. The lowest BCUT2D eigenvalue weighted by molar-refractivity contribution is 0.406. The minimum atomic E-state index is -1.22. The number of thiophene rings is 1. The van der Waals surface area contributed by atoms with Crippen molar-refractivity contribution in [2.45, 2.75) is 11.2 Å². The van der Waals surface area contributed by atoms with Gasteiger partial charge in [0.15, 0.2) is 0 Å². The van der Waals surface area contributed by atoms with Crippen molar-refractivity contribution in [1.82, 2.24) is 0 Å². The molecule has 0 atom stereocenters. The molecular weight excluding hydrogens is 179 g/mol. The van der Waals surface area contributed by atoms with E-state index in [2.05, 4.69) is 0 Å². The fourth-order valence-corrected chi connectivity index (χ4v) is 2.39. The number of rotatable bonds is 3. The van der Waals surface area contributed by atoms with Crippen molar-refractivity contribution < 1.29 is 10.0 Å². The van der Waals surface area contributed by atoms with Gasteiger partial charge in [0.25, 0.3) is 0 Å². The Bertz CT molecular complexity index is 224. The molecule has 5 heteroatoms. The molecule has 0 unspecified atom stereocenters. The van der Waals surface area contributed by atoms with Crippen LogP contribution in [0.1, 0.15) is 4.88 Å². The molecule has 0 aliphatic carbocycles. The maximum Gasteiger partial charge on any atom is 0.456 e. The summed E-state index contributed by atoms with van der Waals surface area (Å²) in [5.74, 6) is 0. The molecule has 1 rings (SSSR count). The first-order valence-corrected chi connectivity index (χ1v) is 5.30. The number of hydrogen-bond donors (Lipinski definition) is 2. The zero-order valence-electron chi connectivity index (χ0n) is 6.15. The second kappa shape index (κ2) is 4.16. The van der Waals surface area contributed by atoms with Crippen LogP contribution in [0.2, 0.25) is 0 Å². The zero-order chi connectivity index (χ0) is 8.27. The maximum absolute atomic E-state index is 8.64. The molecule has 0 spiro atoms. The monoisotopic (exact) mass is 188 g/mol. The number of thioether (sulfide) groups is 1. The van der Waals surface area contributed by atoms with Crippen LogP contribution in [0.15, 0.2) is 16.3 Å². The van der Waals surface area contributed by atoms with Crippen molar-refractivity contribution in [1.29, 1.82) is 0 Å². The average molecular weight is 188 g/mol. The molecule has 0 aliphatic rings. The minimum absolute atomic E-state index is 0.339. The molecule has 1 aromatic rings. The Morgan fingerprint density at radius 2 is 2.36 bits per heavy atom. The van der Waals surface area contributed by atoms with Gasteiger partial charge in [0.05, 0.1) is 0 Å². The molecule has 1 aromatic heterocycles. The van der Waals surface area contributed by atoms with Crippen molar-refractivity contribution in [3.63, 3.8) is 0 Å². The van der Waals surface area contributed by atoms with Crippen molar-refractivity contribution in [3.05, 3.63) is 16.3 Å². The summed E-state index contributed by atoms with van der Waals surface area (Å²) in [5, 5.41) is 19.3. The smallest absolute Gasteiger partial charge is 0.427 e. The van der Waals surface area contributed by atoms with Gasteiger partial charge in [-0.25, -0.2) is 0 Å². The third-order valence-electron chi connectivity index (χ3n) is 1.25. The van der Waals surface area contributed by atoms with Crippen LogP contribution < -0.4 is 0 Å². The van der Waals surface area contributed by atoms with E-state index in [1.54, 1.807) is 23.1 Å². The fourth-order valence-electron chi connectivity index (χ4n) is 0.754. The van der Waals surface area contributed by atoms with Gasteiger partial charge in [-0.05, 0) is 12.3 Å². The van der Waals surface area contributed by atoms with Crippen LogP contribution in [0.4, 0.5) is 0 Å². The van der Waals surface area contributed by atoms with Crippen LogP contribution in [-0.4, -0.2) is 23.4 Å². The van der Waals surface area contributed by atoms with Gasteiger partial charge in [-0.2, -0.15) is 0 Å². The van der Waals surface area contributed by atoms with Crippen LogP contribution in [0.5, 0.6) is 0 Å². The first kappa shape index (κ1) is 9.13. The van der Waals surface area contributed by atoms with E-state index in [0.29, 0.717) is 6.32 Å². The van der Waals surface area contributed by atoms with Crippen molar-refractivity contribution >= 4 is 30.2 Å². The molecule has 0 saturated heterocycles. The lowest BCUT2D eigenvalue weighted by Gasteiger charge is -1.92. The molecule has 2 N–H and O–H groups in total. The topological polar surface area (TPSA) is 40.5 Å². The summed E-state index contributed by atoms with van der Waals surface area (Å²) in [7, 11) is -1.22. The molecule has 11 heavy (non-hydrogen) atoms. The van der Waals surface area contributed by atoms with Crippen LogP contribution in [0.25, 0.3) is 0 Å². The highest BCUT2D eigenvalue weighted by molar-refractivity contribution is 7.98. The first-order valence-electron chi connectivity index (χ1n) is 3.20. The molecule has 0 radical (unpaired) electrons. The molecule has 0 aromatic carbocycles. The van der Waals surface area contributed by atoms with Crippen LogP contribution >= 0.6 is 23.1 Å². The highest BCUT2D eigenvalue weighted by Crippen LogP contribution is 2.22. The van der Waals surface area contributed by atoms with Gasteiger partial charge in [-0.1, -0.05) is 0 Å². The van der Waals surface area contributed by atoms with Crippen molar-refractivity contribution in [2.75, 3.05) is 6.26 Å². The Kier molecular flexibility index (Phi) is 3.45. The van der Waals surface area contributed by atoms with E-state index in [1.165, 1.54) is 4.90 Å². The SMILES string of the molecule is CSc1csc(CB(O)O)c1. The third kappa shape index (κ3) is 2.87. The first-order chi connectivity index (χ1) is 5.22. The molecule has 2 nitrogen and oxygen atoms in total. The summed E-state index contributed by atoms with van der Waals surface area (Å²) in [6.07, 6.45) is 2.34. The van der Waals surface area contributed by atoms with Gasteiger partial charge in [0, 0.05) is 21.5 Å². The van der Waals surface area contributed by atoms with Gasteiger partial charge in [0.1, 0.15) is 0 Å². The van der Waals surface area contributed by atoms with Crippen molar-refractivity contribution in [3.8, 4) is 0 Å². The maximum atomic E-state index is 8.64. The average Bonchev–Trinajstić information content (AvgIpc) is 2.34. The van der Waals surface area contributed by atoms with E-state index >= 15 is 0 Å². The summed E-state index contributed by atoms with van der Waals surface area (Å²) in [5.41, 5.74) is 0. The standard InChI is InChI=1S/C6H9BO2S2/c1-10-6-2-5(11-4-6)3-7(8)9/h2,4,8-9H,3H2,1H3. The molecule has 1 heterocycles. The van der Waals surface area contributed by atoms with Gasteiger partial charge >= 0.3 is 7.12 Å². The lowest BCUT2D eigenvalue weighted by atomic mass is 9.86. The van der Waals surface area contributed by atoms with E-state index in [-0.39, 0.29) is 0 Å². The second-order valence-electron chi connectivity index (χ2n) is 2.14. The van der Waals surface area contributed by atoms with Gasteiger partial charge in [0.2, 0.25) is 0 Å². The lowest BCUT2D eigenvalue weighted by Crippen LogP contribution is -2.13. The predicted octanol–water partition coefficient (Wildman–Crippen LogP) is 1.02.